The van der Waals surface area contributed by atoms with Crippen molar-refractivity contribution in [1.29, 1.82) is 0 Å². The number of phosphoric ester groups is 1. The zero-order chi connectivity index (χ0) is 47.8. The lowest BCUT2D eigenvalue weighted by Gasteiger charge is -2.29. The van der Waals surface area contributed by atoms with Gasteiger partial charge in [-0.1, -0.05) is 222 Å². The van der Waals surface area contributed by atoms with Gasteiger partial charge in [0.2, 0.25) is 5.91 Å². The number of aliphatic hydroxyl groups excluding tert-OH is 1. The molecule has 0 aromatic carbocycles. The standard InChI is InChI=1S/C56H105N2O6P/c1-6-8-10-12-14-16-18-19-20-21-22-23-24-25-26-27-28-29-30-31-32-33-34-35-36-37-38-39-40-42-44-46-48-50-56(60)57-54(53-64-65(61,62)63-52-51-58(3,4)5)55(59)49-47-45-43-41-17-15-13-11-9-7-2/h9,11,17-19,21-22,41,47,49,54-55,59H,6-8,10,12-16,20,23-40,42-46,48,50-53H2,1-5H3,(H-,57,60,61,62)/b11-9+,19-18-,22-21-,41-17+,49-47+. The first-order valence-electron chi connectivity index (χ1n) is 27.2. The predicted octanol–water partition coefficient (Wildman–Crippen LogP) is 15.5. The summed E-state index contributed by atoms with van der Waals surface area (Å²) in [5.41, 5.74) is 0. The van der Waals surface area contributed by atoms with Gasteiger partial charge < -0.3 is 28.8 Å². The summed E-state index contributed by atoms with van der Waals surface area (Å²) in [5.74, 6) is -0.212. The van der Waals surface area contributed by atoms with E-state index in [1.807, 2.05) is 27.2 Å². The average Bonchev–Trinajstić information content (AvgIpc) is 3.26. The van der Waals surface area contributed by atoms with Crippen molar-refractivity contribution in [1.82, 2.24) is 5.32 Å². The molecule has 0 heterocycles. The molecule has 8 nitrogen and oxygen atoms in total. The molecule has 0 aromatic rings. The van der Waals surface area contributed by atoms with Gasteiger partial charge in [-0.3, -0.25) is 9.36 Å². The molecule has 0 aromatic heterocycles. The minimum Gasteiger partial charge on any atom is -0.756 e. The number of allylic oxidation sites excluding steroid dienone is 9. The van der Waals surface area contributed by atoms with Gasteiger partial charge in [-0.15, -0.1) is 0 Å². The van der Waals surface area contributed by atoms with E-state index in [4.69, 9.17) is 9.05 Å². The van der Waals surface area contributed by atoms with Crippen LogP contribution >= 0.6 is 7.82 Å². The normalized spacial score (nSPS) is 14.5. The van der Waals surface area contributed by atoms with Crippen molar-refractivity contribution < 1.29 is 32.9 Å². The van der Waals surface area contributed by atoms with Gasteiger partial charge in [-0.05, 0) is 70.6 Å². The van der Waals surface area contributed by atoms with Gasteiger partial charge in [0.1, 0.15) is 13.2 Å². The minimum atomic E-state index is -4.60. The van der Waals surface area contributed by atoms with Crippen molar-refractivity contribution in [3.05, 3.63) is 60.8 Å². The molecule has 65 heavy (non-hydrogen) atoms. The van der Waals surface area contributed by atoms with Crippen LogP contribution in [-0.2, 0) is 18.4 Å². The molecule has 0 saturated carbocycles. The zero-order valence-corrected chi connectivity index (χ0v) is 44.1. The van der Waals surface area contributed by atoms with E-state index in [-0.39, 0.29) is 12.5 Å². The molecule has 9 heteroatoms. The molecule has 3 unspecified atom stereocenters. The highest BCUT2D eigenvalue weighted by Crippen LogP contribution is 2.38. The lowest BCUT2D eigenvalue weighted by Crippen LogP contribution is -2.45. The molecule has 0 spiro atoms. The minimum absolute atomic E-state index is 0.00978. The Balaban J connectivity index is 3.96. The fraction of sp³-hybridized carbons (Fsp3) is 0.804. The molecule has 380 valence electrons. The van der Waals surface area contributed by atoms with Gasteiger partial charge in [0.25, 0.3) is 7.82 Å². The maximum absolute atomic E-state index is 12.9. The molecule has 3 atom stereocenters. The number of likely N-dealkylation sites (N-methyl/N-ethyl adjacent to an activating group) is 1. The highest BCUT2D eigenvalue weighted by atomic mass is 31.2. The van der Waals surface area contributed by atoms with E-state index in [9.17, 15) is 19.4 Å². The number of quaternary nitrogens is 1. The van der Waals surface area contributed by atoms with Crippen molar-refractivity contribution >= 4 is 13.7 Å². The molecule has 0 radical (unpaired) electrons. The van der Waals surface area contributed by atoms with Gasteiger partial charge >= 0.3 is 0 Å². The van der Waals surface area contributed by atoms with Gasteiger partial charge in [0.15, 0.2) is 0 Å². The molecule has 2 N–H and O–H groups in total. The van der Waals surface area contributed by atoms with E-state index in [2.05, 4.69) is 67.8 Å². The SMILES string of the molecule is CC/C=C/CC/C=C/CC/C=C/C(O)C(COP(=O)([O-])OCC[N+](C)(C)C)NC(=O)CCCCCCCCCCCCCCCCCCCCCCC/C=C\C/C=C\CCCCCCC. The molecule has 0 rings (SSSR count). The van der Waals surface area contributed by atoms with Gasteiger partial charge in [0, 0.05) is 6.42 Å². The van der Waals surface area contributed by atoms with E-state index < -0.39 is 26.6 Å². The Bertz CT molecular complexity index is 1240. The second-order valence-electron chi connectivity index (χ2n) is 19.5. The quantitative estimate of drug-likeness (QED) is 0.0272. The van der Waals surface area contributed by atoms with Crippen LogP contribution in [0.5, 0.6) is 0 Å². The lowest BCUT2D eigenvalue weighted by atomic mass is 10.0. The highest BCUT2D eigenvalue weighted by Gasteiger charge is 2.23. The smallest absolute Gasteiger partial charge is 0.268 e. The number of hydrogen-bond donors (Lipinski definition) is 2. The summed E-state index contributed by atoms with van der Waals surface area (Å²) in [6, 6.07) is -0.908. The van der Waals surface area contributed by atoms with Crippen LogP contribution in [0.2, 0.25) is 0 Å². The van der Waals surface area contributed by atoms with Crippen LogP contribution in [0.25, 0.3) is 0 Å². The average molecular weight is 933 g/mol. The van der Waals surface area contributed by atoms with Crippen LogP contribution in [0.4, 0.5) is 0 Å². The van der Waals surface area contributed by atoms with Crippen LogP contribution in [0, 0.1) is 0 Å². The molecule has 0 aliphatic rings. The molecule has 0 bridgehead atoms. The Hall–Kier alpha value is -1.80. The largest absolute Gasteiger partial charge is 0.756 e. The van der Waals surface area contributed by atoms with Crippen molar-refractivity contribution in [3.8, 4) is 0 Å². The Kier molecular flexibility index (Phi) is 46.0. The Morgan fingerprint density at radius 1 is 0.554 bits per heavy atom. The first-order chi connectivity index (χ1) is 31.5. The summed E-state index contributed by atoms with van der Waals surface area (Å²) in [7, 11) is 1.23. The Morgan fingerprint density at radius 2 is 0.954 bits per heavy atom. The number of unbranched alkanes of at least 4 members (excludes halogenated alkanes) is 28. The van der Waals surface area contributed by atoms with Crippen LogP contribution in [0.3, 0.4) is 0 Å². The zero-order valence-electron chi connectivity index (χ0n) is 43.2. The summed E-state index contributed by atoms with van der Waals surface area (Å²) < 4.78 is 23.2. The molecule has 0 saturated heterocycles. The number of nitrogens with one attached hydrogen (secondary N) is 1. The van der Waals surface area contributed by atoms with Gasteiger partial charge in [-0.2, -0.15) is 0 Å². The van der Waals surface area contributed by atoms with Gasteiger partial charge in [0.05, 0.1) is 39.9 Å². The van der Waals surface area contributed by atoms with Crippen molar-refractivity contribution in [3.63, 3.8) is 0 Å². The molecule has 1 amide bonds. The first kappa shape index (κ1) is 63.2. The third-order valence-corrected chi connectivity index (χ3v) is 12.9. The lowest BCUT2D eigenvalue weighted by molar-refractivity contribution is -0.870. The maximum atomic E-state index is 12.9. The van der Waals surface area contributed by atoms with Crippen molar-refractivity contribution in [2.75, 3.05) is 40.9 Å². The maximum Gasteiger partial charge on any atom is 0.268 e. The fourth-order valence-corrected chi connectivity index (χ4v) is 8.42. The van der Waals surface area contributed by atoms with Crippen molar-refractivity contribution in [2.24, 2.45) is 0 Å². The predicted molar refractivity (Wildman–Crippen MR) is 279 cm³/mol. The first-order valence-corrected chi connectivity index (χ1v) is 28.6. The second-order valence-corrected chi connectivity index (χ2v) is 20.9. The Morgan fingerprint density at radius 3 is 1.40 bits per heavy atom. The summed E-state index contributed by atoms with van der Waals surface area (Å²) in [6.07, 6.45) is 63.3. The molecular weight excluding hydrogens is 828 g/mol. The monoisotopic (exact) mass is 933 g/mol. The van der Waals surface area contributed by atoms with E-state index in [1.165, 1.54) is 161 Å². The van der Waals surface area contributed by atoms with Crippen LogP contribution in [0.15, 0.2) is 60.8 Å². The second kappa shape index (κ2) is 47.3. The topological polar surface area (TPSA) is 108 Å². The van der Waals surface area contributed by atoms with Crippen LogP contribution in [0.1, 0.15) is 239 Å². The highest BCUT2D eigenvalue weighted by molar-refractivity contribution is 7.45. The van der Waals surface area contributed by atoms with Crippen LogP contribution < -0.4 is 10.2 Å². The molecule has 0 fully saturated rings. The van der Waals surface area contributed by atoms with Crippen molar-refractivity contribution in [2.45, 2.75) is 251 Å². The number of rotatable bonds is 49. The summed E-state index contributed by atoms with van der Waals surface area (Å²) in [4.78, 5) is 25.3. The molecule has 0 aliphatic heterocycles. The summed E-state index contributed by atoms with van der Waals surface area (Å²) in [6.45, 7) is 4.49. The van der Waals surface area contributed by atoms with Gasteiger partial charge in [-0.25, -0.2) is 0 Å². The number of nitrogens with zero attached hydrogens (tertiary/aromatic N) is 1. The molecule has 0 aliphatic carbocycles. The summed E-state index contributed by atoms with van der Waals surface area (Å²) in [5, 5.41) is 13.7. The number of hydrogen-bond acceptors (Lipinski definition) is 6. The number of carbonyl (C=O) groups excluding carboxylic acids is 1. The third-order valence-electron chi connectivity index (χ3n) is 11.9. The Labute approximate surface area is 402 Å². The van der Waals surface area contributed by atoms with E-state index >= 15 is 0 Å². The third kappa shape index (κ3) is 49.9. The van der Waals surface area contributed by atoms with E-state index in [0.717, 1.165) is 57.8 Å². The number of aliphatic hydroxyl groups is 1. The molecular formula is C56H105N2O6P. The van der Waals surface area contributed by atoms with E-state index in [1.54, 1.807) is 6.08 Å². The number of phosphoric acid groups is 1. The summed E-state index contributed by atoms with van der Waals surface area (Å²) >= 11 is 0. The fourth-order valence-electron chi connectivity index (χ4n) is 7.69. The van der Waals surface area contributed by atoms with Crippen LogP contribution in [-0.4, -0.2) is 68.5 Å². The number of amides is 1. The number of carbonyl (C=O) groups is 1. The van der Waals surface area contributed by atoms with E-state index in [0.29, 0.717) is 17.4 Å².